The molecule has 0 radical (unpaired) electrons. The number of benzene rings is 2. The Labute approximate surface area is 131 Å². The normalized spacial score (nSPS) is 12.7. The highest BCUT2D eigenvalue weighted by Crippen LogP contribution is 2.21. The van der Waals surface area contributed by atoms with Crippen LogP contribution in [0.2, 0.25) is 0 Å². The number of quaternary nitrogens is 1. The third kappa shape index (κ3) is 3.08. The van der Waals surface area contributed by atoms with Crippen LogP contribution in [0.3, 0.4) is 0 Å². The van der Waals surface area contributed by atoms with E-state index in [1.54, 1.807) is 11.3 Å². The molecule has 2 aromatic carbocycles. The van der Waals surface area contributed by atoms with E-state index in [1.807, 2.05) is 6.07 Å². The van der Waals surface area contributed by atoms with Crippen molar-refractivity contribution >= 4 is 37.5 Å². The van der Waals surface area contributed by atoms with E-state index in [4.69, 9.17) is 4.98 Å². The molecule has 1 unspecified atom stereocenters. The van der Waals surface area contributed by atoms with Crippen LogP contribution in [0, 0.1) is 0 Å². The Bertz CT molecular complexity index is 690. The van der Waals surface area contributed by atoms with Gasteiger partial charge < -0.3 is 4.90 Å². The molecule has 0 bridgehead atoms. The van der Waals surface area contributed by atoms with Gasteiger partial charge in [-0.25, -0.2) is 4.98 Å². The molecule has 0 saturated carbocycles. The lowest BCUT2D eigenvalue weighted by Gasteiger charge is -2.13. The first-order valence-electron chi connectivity index (χ1n) is 6.61. The molecule has 0 aliphatic heterocycles. The number of aromatic nitrogens is 1. The van der Waals surface area contributed by atoms with Gasteiger partial charge in [-0.3, -0.25) is 0 Å². The molecule has 102 valence electrons. The van der Waals surface area contributed by atoms with E-state index < -0.39 is 0 Å². The molecule has 1 heterocycles. The van der Waals surface area contributed by atoms with Crippen molar-refractivity contribution in [2.24, 2.45) is 0 Å². The summed E-state index contributed by atoms with van der Waals surface area (Å²) in [5.41, 5.74) is 2.45. The molecule has 0 fully saturated rings. The molecule has 4 heteroatoms. The summed E-state index contributed by atoms with van der Waals surface area (Å²) in [5.74, 6) is 0. The van der Waals surface area contributed by atoms with Crippen molar-refractivity contribution in [3.05, 3.63) is 63.6 Å². The number of hydrogen-bond donors (Lipinski definition) is 1. The minimum Gasteiger partial charge on any atom is -0.328 e. The maximum absolute atomic E-state index is 4.70. The quantitative estimate of drug-likeness (QED) is 0.766. The highest BCUT2D eigenvalue weighted by molar-refractivity contribution is 9.10. The van der Waals surface area contributed by atoms with Crippen molar-refractivity contribution in [2.75, 3.05) is 7.05 Å². The second-order valence-electron chi connectivity index (χ2n) is 4.98. The van der Waals surface area contributed by atoms with Gasteiger partial charge in [0.1, 0.15) is 18.1 Å². The van der Waals surface area contributed by atoms with E-state index in [-0.39, 0.29) is 0 Å². The maximum Gasteiger partial charge on any atom is 0.148 e. The smallest absolute Gasteiger partial charge is 0.148 e. The zero-order valence-corrected chi connectivity index (χ0v) is 13.7. The molecule has 3 aromatic rings. The van der Waals surface area contributed by atoms with Gasteiger partial charge in [0.2, 0.25) is 0 Å². The summed E-state index contributed by atoms with van der Waals surface area (Å²) in [4.78, 5) is 6.14. The lowest BCUT2D eigenvalue weighted by atomic mass is 10.2. The summed E-state index contributed by atoms with van der Waals surface area (Å²) in [7, 11) is 2.21. The van der Waals surface area contributed by atoms with Crippen LogP contribution in [0.1, 0.15) is 10.6 Å². The molecular formula is C16H16BrN2S+. The lowest BCUT2D eigenvalue weighted by molar-refractivity contribution is -0.907. The molecule has 20 heavy (non-hydrogen) atoms. The fourth-order valence-corrected chi connectivity index (χ4v) is 3.79. The van der Waals surface area contributed by atoms with Crippen LogP contribution in [0.25, 0.3) is 10.2 Å². The van der Waals surface area contributed by atoms with Crippen molar-refractivity contribution in [1.29, 1.82) is 0 Å². The fraction of sp³-hybridized carbons (Fsp3) is 0.188. The Morgan fingerprint density at radius 1 is 1.05 bits per heavy atom. The summed E-state index contributed by atoms with van der Waals surface area (Å²) in [6.07, 6.45) is 0. The molecular weight excluding hydrogens is 332 g/mol. The highest BCUT2D eigenvalue weighted by Gasteiger charge is 2.11. The van der Waals surface area contributed by atoms with Crippen LogP contribution >= 0.6 is 27.3 Å². The first kappa shape index (κ1) is 13.7. The molecule has 0 amide bonds. The Balaban J connectivity index is 1.72. The summed E-state index contributed by atoms with van der Waals surface area (Å²) >= 11 is 5.41. The largest absolute Gasteiger partial charge is 0.328 e. The average molecular weight is 348 g/mol. The van der Waals surface area contributed by atoms with Crippen LogP contribution in [0.15, 0.2) is 53.0 Å². The van der Waals surface area contributed by atoms with Crippen LogP contribution in [-0.4, -0.2) is 12.0 Å². The van der Waals surface area contributed by atoms with Gasteiger partial charge in [0.15, 0.2) is 0 Å². The monoisotopic (exact) mass is 347 g/mol. The van der Waals surface area contributed by atoms with Crippen molar-refractivity contribution in [3.63, 3.8) is 0 Å². The number of para-hydroxylation sites is 1. The standard InChI is InChI=1S/C16H15BrN2S/c1-19(10-12-6-2-3-7-13(12)17)11-16-18-14-8-4-5-9-15(14)20-16/h2-9H,10-11H2,1H3/p+1. The molecule has 0 spiro atoms. The van der Waals surface area contributed by atoms with E-state index >= 15 is 0 Å². The highest BCUT2D eigenvalue weighted by atomic mass is 79.9. The molecule has 0 aliphatic rings. The molecule has 0 aliphatic carbocycles. The third-order valence-corrected chi connectivity index (χ3v) is 5.05. The number of thiazole rings is 1. The predicted octanol–water partition coefficient (Wildman–Crippen LogP) is 3.27. The average Bonchev–Trinajstić information content (AvgIpc) is 2.83. The molecule has 2 nitrogen and oxygen atoms in total. The third-order valence-electron chi connectivity index (χ3n) is 3.24. The van der Waals surface area contributed by atoms with Gasteiger partial charge in [-0.1, -0.05) is 46.3 Å². The fourth-order valence-electron chi connectivity index (χ4n) is 2.28. The number of rotatable bonds is 4. The van der Waals surface area contributed by atoms with Crippen LogP contribution in [-0.2, 0) is 13.1 Å². The summed E-state index contributed by atoms with van der Waals surface area (Å²) in [6.45, 7) is 1.96. The Morgan fingerprint density at radius 3 is 2.60 bits per heavy atom. The van der Waals surface area contributed by atoms with Gasteiger partial charge >= 0.3 is 0 Å². The van der Waals surface area contributed by atoms with Crippen LogP contribution in [0.5, 0.6) is 0 Å². The van der Waals surface area contributed by atoms with Gasteiger partial charge in [-0.05, 0) is 18.2 Å². The minimum atomic E-state index is 0.959. The minimum absolute atomic E-state index is 0.959. The van der Waals surface area contributed by atoms with E-state index in [1.165, 1.54) is 24.6 Å². The maximum atomic E-state index is 4.70. The number of nitrogens with one attached hydrogen (secondary N) is 1. The van der Waals surface area contributed by atoms with E-state index in [0.29, 0.717) is 0 Å². The van der Waals surface area contributed by atoms with Gasteiger partial charge in [-0.15, -0.1) is 11.3 Å². The van der Waals surface area contributed by atoms with Crippen molar-refractivity contribution < 1.29 is 4.90 Å². The van der Waals surface area contributed by atoms with Crippen LogP contribution < -0.4 is 4.90 Å². The summed E-state index contributed by atoms with van der Waals surface area (Å²) in [6, 6.07) is 16.7. The van der Waals surface area contributed by atoms with Gasteiger partial charge in [-0.2, -0.15) is 0 Å². The SMILES string of the molecule is C[NH+](Cc1nc2ccccc2s1)Cc1ccccc1Br. The van der Waals surface area contributed by atoms with E-state index in [9.17, 15) is 0 Å². The molecule has 0 saturated heterocycles. The Hall–Kier alpha value is -1.23. The molecule has 3 rings (SSSR count). The predicted molar refractivity (Wildman–Crippen MR) is 88.1 cm³/mol. The second-order valence-corrected chi connectivity index (χ2v) is 6.95. The van der Waals surface area contributed by atoms with Crippen molar-refractivity contribution in [1.82, 2.24) is 4.98 Å². The number of hydrogen-bond acceptors (Lipinski definition) is 2. The molecule has 1 aromatic heterocycles. The lowest BCUT2D eigenvalue weighted by Crippen LogP contribution is -3.06. The second kappa shape index (κ2) is 6.04. The topological polar surface area (TPSA) is 17.3 Å². The molecule has 1 atom stereocenters. The van der Waals surface area contributed by atoms with Gasteiger partial charge in [0.05, 0.1) is 17.3 Å². The Kier molecular flexibility index (Phi) is 4.15. The van der Waals surface area contributed by atoms with Gasteiger partial charge in [0.25, 0.3) is 0 Å². The zero-order chi connectivity index (χ0) is 13.9. The summed E-state index contributed by atoms with van der Waals surface area (Å²) in [5, 5.41) is 1.20. The van der Waals surface area contributed by atoms with Gasteiger partial charge in [0, 0.05) is 10.0 Å². The number of halogens is 1. The summed E-state index contributed by atoms with van der Waals surface area (Å²) < 4.78 is 2.46. The van der Waals surface area contributed by atoms with E-state index in [2.05, 4.69) is 65.4 Å². The van der Waals surface area contributed by atoms with E-state index in [0.717, 1.165) is 18.6 Å². The zero-order valence-electron chi connectivity index (χ0n) is 11.3. The molecule has 1 N–H and O–H groups in total. The van der Waals surface area contributed by atoms with Crippen molar-refractivity contribution in [3.8, 4) is 0 Å². The first-order chi connectivity index (χ1) is 9.72. The Morgan fingerprint density at radius 2 is 1.80 bits per heavy atom. The van der Waals surface area contributed by atoms with Crippen molar-refractivity contribution in [2.45, 2.75) is 13.1 Å². The first-order valence-corrected chi connectivity index (χ1v) is 8.22. The number of nitrogens with zero attached hydrogens (tertiary/aromatic N) is 1. The number of fused-ring (bicyclic) bond motifs is 1. The van der Waals surface area contributed by atoms with Crippen LogP contribution in [0.4, 0.5) is 0 Å².